The number of aliphatic hydroxyl groups excluding tert-OH is 2. The molecule has 1 aliphatic rings. The molecule has 3 nitrogen and oxygen atoms in total. The monoisotopic (exact) mass is 281 g/mol. The minimum absolute atomic E-state index is 0.238. The fourth-order valence-corrected chi connectivity index (χ4v) is 2.79. The Morgan fingerprint density at radius 2 is 2.25 bits per heavy atom. The number of hydrogen-bond donors (Lipinski definition) is 2. The van der Waals surface area contributed by atoms with Crippen molar-refractivity contribution in [3.05, 3.63) is 35.1 Å². The van der Waals surface area contributed by atoms with Crippen molar-refractivity contribution >= 4 is 0 Å². The molecule has 0 aliphatic carbocycles. The Morgan fingerprint density at radius 3 is 2.95 bits per heavy atom. The van der Waals surface area contributed by atoms with E-state index in [1.165, 1.54) is 6.07 Å². The quantitative estimate of drug-likeness (QED) is 0.870. The molecule has 1 aromatic rings. The standard InChI is InChI=1S/C16H24FNO2/c1-12-4-5-14(9-15(12)17)16(20)6-8-18-7-2-3-13(10-18)11-19/h4-5,9,13,16,19-20H,2-3,6-8,10-11H2,1H3. The van der Waals surface area contributed by atoms with Crippen LogP contribution in [0.4, 0.5) is 4.39 Å². The zero-order valence-electron chi connectivity index (χ0n) is 12.1. The Balaban J connectivity index is 1.85. The van der Waals surface area contributed by atoms with Gasteiger partial charge < -0.3 is 15.1 Å². The molecule has 0 aromatic heterocycles. The molecule has 0 bridgehead atoms. The molecule has 0 spiro atoms. The maximum absolute atomic E-state index is 13.5. The molecule has 2 unspecified atom stereocenters. The van der Waals surface area contributed by atoms with Crippen molar-refractivity contribution in [3.8, 4) is 0 Å². The molecular formula is C16H24FNO2. The van der Waals surface area contributed by atoms with E-state index in [0.29, 0.717) is 23.5 Å². The first kappa shape index (κ1) is 15.4. The lowest BCUT2D eigenvalue weighted by Crippen LogP contribution is -2.37. The van der Waals surface area contributed by atoms with Crippen LogP contribution < -0.4 is 0 Å². The van der Waals surface area contributed by atoms with Crippen molar-refractivity contribution in [2.24, 2.45) is 5.92 Å². The maximum Gasteiger partial charge on any atom is 0.126 e. The second-order valence-electron chi connectivity index (χ2n) is 5.80. The molecular weight excluding hydrogens is 257 g/mol. The summed E-state index contributed by atoms with van der Waals surface area (Å²) in [5, 5.41) is 19.3. The van der Waals surface area contributed by atoms with Gasteiger partial charge in [0, 0.05) is 19.7 Å². The van der Waals surface area contributed by atoms with Crippen molar-refractivity contribution < 1.29 is 14.6 Å². The minimum atomic E-state index is -0.625. The molecule has 112 valence electrons. The summed E-state index contributed by atoms with van der Waals surface area (Å²) >= 11 is 0. The molecule has 1 aromatic carbocycles. The highest BCUT2D eigenvalue weighted by atomic mass is 19.1. The third-order valence-electron chi connectivity index (χ3n) is 4.16. The van der Waals surface area contributed by atoms with Crippen LogP contribution in [0.2, 0.25) is 0 Å². The van der Waals surface area contributed by atoms with Gasteiger partial charge in [-0.3, -0.25) is 0 Å². The molecule has 1 aliphatic heterocycles. The molecule has 0 radical (unpaired) electrons. The fraction of sp³-hybridized carbons (Fsp3) is 0.625. The summed E-state index contributed by atoms with van der Waals surface area (Å²) in [7, 11) is 0. The molecule has 1 fully saturated rings. The van der Waals surface area contributed by atoms with Gasteiger partial charge in [0.05, 0.1) is 6.10 Å². The number of rotatable bonds is 5. The van der Waals surface area contributed by atoms with Gasteiger partial charge in [0.15, 0.2) is 0 Å². The van der Waals surface area contributed by atoms with E-state index in [9.17, 15) is 14.6 Å². The largest absolute Gasteiger partial charge is 0.396 e. The Morgan fingerprint density at radius 1 is 1.45 bits per heavy atom. The molecule has 1 saturated heterocycles. The van der Waals surface area contributed by atoms with E-state index in [4.69, 9.17) is 0 Å². The Labute approximate surface area is 120 Å². The van der Waals surface area contributed by atoms with Gasteiger partial charge in [-0.05, 0) is 55.8 Å². The van der Waals surface area contributed by atoms with Gasteiger partial charge in [0.25, 0.3) is 0 Å². The molecule has 0 saturated carbocycles. The SMILES string of the molecule is Cc1ccc(C(O)CCN2CCCC(CO)C2)cc1F. The lowest BCUT2D eigenvalue weighted by atomic mass is 9.98. The van der Waals surface area contributed by atoms with Gasteiger partial charge >= 0.3 is 0 Å². The number of nitrogens with zero attached hydrogens (tertiary/aromatic N) is 1. The summed E-state index contributed by atoms with van der Waals surface area (Å²) in [4.78, 5) is 2.28. The smallest absolute Gasteiger partial charge is 0.126 e. The number of piperidine rings is 1. The summed E-state index contributed by atoms with van der Waals surface area (Å²) in [6, 6.07) is 4.92. The number of likely N-dealkylation sites (tertiary alicyclic amines) is 1. The average molecular weight is 281 g/mol. The zero-order valence-corrected chi connectivity index (χ0v) is 12.1. The first-order valence-corrected chi connectivity index (χ1v) is 7.37. The van der Waals surface area contributed by atoms with Gasteiger partial charge in [-0.1, -0.05) is 12.1 Å². The average Bonchev–Trinajstić information content (AvgIpc) is 2.47. The van der Waals surface area contributed by atoms with E-state index < -0.39 is 6.10 Å². The molecule has 4 heteroatoms. The van der Waals surface area contributed by atoms with Crippen LogP contribution in [0.25, 0.3) is 0 Å². The molecule has 20 heavy (non-hydrogen) atoms. The summed E-state index contributed by atoms with van der Waals surface area (Å²) in [6.45, 7) is 4.65. The van der Waals surface area contributed by atoms with Crippen LogP contribution in [0, 0.1) is 18.7 Å². The predicted molar refractivity (Wildman–Crippen MR) is 77.0 cm³/mol. The first-order chi connectivity index (χ1) is 9.60. The summed E-state index contributed by atoms with van der Waals surface area (Å²) in [5.74, 6) is 0.0950. The van der Waals surface area contributed by atoms with Crippen molar-refractivity contribution in [2.45, 2.75) is 32.3 Å². The molecule has 1 heterocycles. The molecule has 0 amide bonds. The minimum Gasteiger partial charge on any atom is -0.396 e. The lowest BCUT2D eigenvalue weighted by Gasteiger charge is -2.32. The van der Waals surface area contributed by atoms with E-state index in [-0.39, 0.29) is 12.4 Å². The van der Waals surface area contributed by atoms with Crippen molar-refractivity contribution in [1.29, 1.82) is 0 Å². The van der Waals surface area contributed by atoms with Crippen LogP contribution in [-0.4, -0.2) is 41.4 Å². The second kappa shape index (κ2) is 7.16. The van der Waals surface area contributed by atoms with Crippen molar-refractivity contribution in [3.63, 3.8) is 0 Å². The third kappa shape index (κ3) is 4.01. The number of hydrogen-bond acceptors (Lipinski definition) is 3. The fourth-order valence-electron chi connectivity index (χ4n) is 2.79. The van der Waals surface area contributed by atoms with Gasteiger partial charge in [0.2, 0.25) is 0 Å². The van der Waals surface area contributed by atoms with E-state index in [2.05, 4.69) is 4.90 Å². The highest BCUT2D eigenvalue weighted by Crippen LogP contribution is 2.22. The lowest BCUT2D eigenvalue weighted by molar-refractivity contribution is 0.0961. The Kier molecular flexibility index (Phi) is 5.52. The number of aliphatic hydroxyl groups is 2. The van der Waals surface area contributed by atoms with Crippen LogP contribution in [0.5, 0.6) is 0 Å². The summed E-state index contributed by atoms with van der Waals surface area (Å²) in [5.41, 5.74) is 1.24. The van der Waals surface area contributed by atoms with E-state index in [1.807, 2.05) is 0 Å². The highest BCUT2D eigenvalue weighted by molar-refractivity contribution is 5.24. The Bertz CT molecular complexity index is 438. The highest BCUT2D eigenvalue weighted by Gasteiger charge is 2.20. The van der Waals surface area contributed by atoms with Crippen molar-refractivity contribution in [2.75, 3.05) is 26.2 Å². The molecule has 2 atom stereocenters. The number of aryl methyl sites for hydroxylation is 1. The maximum atomic E-state index is 13.5. The van der Waals surface area contributed by atoms with Crippen molar-refractivity contribution in [1.82, 2.24) is 4.90 Å². The van der Waals surface area contributed by atoms with Gasteiger partial charge in [-0.15, -0.1) is 0 Å². The summed E-state index contributed by atoms with van der Waals surface area (Å²) in [6.07, 6.45) is 2.15. The summed E-state index contributed by atoms with van der Waals surface area (Å²) < 4.78 is 13.5. The second-order valence-corrected chi connectivity index (χ2v) is 5.80. The predicted octanol–water partition coefficient (Wildman–Crippen LogP) is 2.26. The van der Waals surface area contributed by atoms with Gasteiger partial charge in [0.1, 0.15) is 5.82 Å². The van der Waals surface area contributed by atoms with E-state index in [1.54, 1.807) is 19.1 Å². The van der Waals surface area contributed by atoms with Crippen LogP contribution in [0.15, 0.2) is 18.2 Å². The van der Waals surface area contributed by atoms with Crippen LogP contribution in [0.1, 0.15) is 36.5 Å². The first-order valence-electron chi connectivity index (χ1n) is 7.37. The van der Waals surface area contributed by atoms with Crippen LogP contribution in [-0.2, 0) is 0 Å². The molecule has 2 rings (SSSR count). The molecule has 2 N–H and O–H groups in total. The topological polar surface area (TPSA) is 43.7 Å². The van der Waals surface area contributed by atoms with E-state index in [0.717, 1.165) is 32.5 Å². The normalized spacial score (nSPS) is 21.9. The zero-order chi connectivity index (χ0) is 14.5. The Hall–Kier alpha value is -0.970. The van der Waals surface area contributed by atoms with Gasteiger partial charge in [-0.2, -0.15) is 0 Å². The third-order valence-corrected chi connectivity index (χ3v) is 4.16. The number of benzene rings is 1. The van der Waals surface area contributed by atoms with Crippen LogP contribution >= 0.6 is 0 Å². The number of halogens is 1. The van der Waals surface area contributed by atoms with Crippen LogP contribution in [0.3, 0.4) is 0 Å². The van der Waals surface area contributed by atoms with E-state index >= 15 is 0 Å². The van der Waals surface area contributed by atoms with Gasteiger partial charge in [-0.25, -0.2) is 4.39 Å².